The summed E-state index contributed by atoms with van der Waals surface area (Å²) in [7, 11) is 0. The number of fused-ring (bicyclic) bond motifs is 1. The van der Waals surface area contributed by atoms with Crippen LogP contribution in [-0.2, 0) is 0 Å². The Hall–Kier alpha value is -3.36. The maximum atomic E-state index is 12.0. The first-order valence-electron chi connectivity index (χ1n) is 8.90. The molecule has 0 aliphatic rings. The first-order valence-corrected chi connectivity index (χ1v) is 10.1. The number of nitrogens with zero attached hydrogens (tertiary/aromatic N) is 2. The first-order chi connectivity index (χ1) is 14.3. The van der Waals surface area contributed by atoms with Gasteiger partial charge in [-0.3, -0.25) is 9.20 Å². The number of pyridine rings is 1. The lowest BCUT2D eigenvalue weighted by Crippen LogP contribution is -2.12. The van der Waals surface area contributed by atoms with E-state index in [1.54, 1.807) is 28.9 Å². The molecule has 0 spiro atoms. The normalized spacial score (nSPS) is 12.1. The Morgan fingerprint density at radius 1 is 1.27 bits per heavy atom. The Labute approximate surface area is 180 Å². The third-order valence-corrected chi connectivity index (χ3v) is 6.08. The van der Waals surface area contributed by atoms with Gasteiger partial charge >= 0.3 is 5.97 Å². The molecular formula is C21H16ClN3O4S. The molecule has 0 aliphatic heterocycles. The van der Waals surface area contributed by atoms with Gasteiger partial charge in [0.2, 0.25) is 0 Å². The Balaban J connectivity index is 1.73. The van der Waals surface area contributed by atoms with Crippen molar-refractivity contribution in [3.05, 3.63) is 75.9 Å². The number of nitrogens with two attached hydrogens (primary N) is 1. The average Bonchev–Trinajstić information content (AvgIpc) is 3.31. The molecule has 1 atom stereocenters. The standard InChI is InChI=1S/C21H16ClN3O4S/c1-11(13-4-2-3-5-14(13)22)29-16-9-17(30-19(16)20(23)26)15-10-24-18-8-12(21(27)28)6-7-25(15)18/h2-11H,1H3,(H2,23,26)(H,27,28). The first kappa shape index (κ1) is 19.9. The SMILES string of the molecule is CC(Oc1cc(-c2cnc3cc(C(=O)O)ccn23)sc1C(N)=O)c1ccccc1Cl. The minimum absolute atomic E-state index is 0.140. The Kier molecular flexibility index (Phi) is 5.19. The summed E-state index contributed by atoms with van der Waals surface area (Å²) >= 11 is 7.43. The number of primary amides is 1. The van der Waals surface area contributed by atoms with Crippen LogP contribution in [0.3, 0.4) is 0 Å². The zero-order chi connectivity index (χ0) is 21.4. The third kappa shape index (κ3) is 3.62. The number of hydrogen-bond acceptors (Lipinski definition) is 5. The van der Waals surface area contributed by atoms with E-state index in [1.807, 2.05) is 25.1 Å². The molecule has 0 aliphatic carbocycles. The van der Waals surface area contributed by atoms with Gasteiger partial charge in [0.15, 0.2) is 0 Å². The second-order valence-electron chi connectivity index (χ2n) is 6.54. The number of hydrogen-bond donors (Lipinski definition) is 2. The van der Waals surface area contributed by atoms with E-state index in [-0.39, 0.29) is 10.4 Å². The van der Waals surface area contributed by atoms with Crippen molar-refractivity contribution in [1.29, 1.82) is 0 Å². The number of carbonyl (C=O) groups excluding carboxylic acids is 1. The van der Waals surface area contributed by atoms with Crippen molar-refractivity contribution in [2.75, 3.05) is 0 Å². The summed E-state index contributed by atoms with van der Waals surface area (Å²) in [6.07, 6.45) is 2.83. The van der Waals surface area contributed by atoms with E-state index >= 15 is 0 Å². The molecule has 9 heteroatoms. The summed E-state index contributed by atoms with van der Waals surface area (Å²) in [5.41, 5.74) is 7.67. The fraction of sp³-hybridized carbons (Fsp3) is 0.0952. The summed E-state index contributed by atoms with van der Waals surface area (Å²) in [4.78, 5) is 28.4. The highest BCUT2D eigenvalue weighted by molar-refractivity contribution is 7.17. The van der Waals surface area contributed by atoms with Crippen LogP contribution in [0.2, 0.25) is 5.02 Å². The molecule has 0 saturated carbocycles. The number of ether oxygens (including phenoxy) is 1. The molecule has 7 nitrogen and oxygen atoms in total. The van der Waals surface area contributed by atoms with Gasteiger partial charge < -0.3 is 15.6 Å². The van der Waals surface area contributed by atoms with Crippen LogP contribution in [0.4, 0.5) is 0 Å². The number of aromatic nitrogens is 2. The molecule has 30 heavy (non-hydrogen) atoms. The topological polar surface area (TPSA) is 107 Å². The molecule has 0 saturated heterocycles. The smallest absolute Gasteiger partial charge is 0.335 e. The van der Waals surface area contributed by atoms with E-state index in [0.717, 1.165) is 5.56 Å². The zero-order valence-electron chi connectivity index (χ0n) is 15.7. The van der Waals surface area contributed by atoms with E-state index in [9.17, 15) is 9.59 Å². The van der Waals surface area contributed by atoms with Gasteiger partial charge in [0.1, 0.15) is 22.4 Å². The fourth-order valence-corrected chi connectivity index (χ4v) is 4.35. The highest BCUT2D eigenvalue weighted by atomic mass is 35.5. The maximum Gasteiger partial charge on any atom is 0.335 e. The van der Waals surface area contributed by atoms with Gasteiger partial charge in [-0.1, -0.05) is 29.8 Å². The molecule has 0 bridgehead atoms. The number of carboxylic acid groups (broad SMARTS) is 1. The van der Waals surface area contributed by atoms with Gasteiger partial charge in [0.05, 0.1) is 22.3 Å². The minimum Gasteiger partial charge on any atom is -0.484 e. The van der Waals surface area contributed by atoms with Crippen LogP contribution in [-0.4, -0.2) is 26.4 Å². The van der Waals surface area contributed by atoms with E-state index in [4.69, 9.17) is 27.2 Å². The van der Waals surface area contributed by atoms with Gasteiger partial charge in [-0.05, 0) is 25.1 Å². The Morgan fingerprint density at radius 2 is 2.03 bits per heavy atom. The number of amides is 1. The predicted molar refractivity (Wildman–Crippen MR) is 114 cm³/mol. The summed E-state index contributed by atoms with van der Waals surface area (Å²) in [5.74, 6) is -1.28. The summed E-state index contributed by atoms with van der Waals surface area (Å²) < 4.78 is 7.77. The number of rotatable bonds is 6. The third-order valence-electron chi connectivity index (χ3n) is 4.58. The van der Waals surface area contributed by atoms with Crippen molar-refractivity contribution >= 4 is 40.5 Å². The molecule has 4 rings (SSSR count). The summed E-state index contributed by atoms with van der Waals surface area (Å²) in [6, 6.07) is 12.0. The van der Waals surface area contributed by atoms with Gasteiger partial charge in [0, 0.05) is 22.8 Å². The molecule has 3 heterocycles. The van der Waals surface area contributed by atoms with Crippen LogP contribution in [0.1, 0.15) is 38.6 Å². The number of thiophene rings is 1. The number of benzene rings is 1. The van der Waals surface area contributed by atoms with Crippen LogP contribution in [0.5, 0.6) is 5.75 Å². The number of imidazole rings is 1. The van der Waals surface area contributed by atoms with Crippen LogP contribution in [0, 0.1) is 0 Å². The van der Waals surface area contributed by atoms with Crippen LogP contribution in [0.15, 0.2) is 54.9 Å². The van der Waals surface area contributed by atoms with Crippen molar-refractivity contribution in [2.45, 2.75) is 13.0 Å². The van der Waals surface area contributed by atoms with Gasteiger partial charge in [-0.15, -0.1) is 11.3 Å². The van der Waals surface area contributed by atoms with Gasteiger partial charge in [0.25, 0.3) is 5.91 Å². The maximum absolute atomic E-state index is 12.0. The van der Waals surface area contributed by atoms with Crippen molar-refractivity contribution in [2.24, 2.45) is 5.73 Å². The molecule has 1 unspecified atom stereocenters. The molecular weight excluding hydrogens is 426 g/mol. The largest absolute Gasteiger partial charge is 0.484 e. The summed E-state index contributed by atoms with van der Waals surface area (Å²) in [6.45, 7) is 1.84. The molecule has 1 aromatic carbocycles. The molecule has 152 valence electrons. The average molecular weight is 442 g/mol. The lowest BCUT2D eigenvalue weighted by atomic mass is 10.1. The molecule has 3 N–H and O–H groups in total. The van der Waals surface area contributed by atoms with Gasteiger partial charge in [-0.2, -0.15) is 0 Å². The van der Waals surface area contributed by atoms with Crippen LogP contribution < -0.4 is 10.5 Å². The molecule has 0 fully saturated rings. The highest BCUT2D eigenvalue weighted by Gasteiger charge is 2.21. The van der Waals surface area contributed by atoms with Crippen LogP contribution in [0.25, 0.3) is 16.2 Å². The van der Waals surface area contributed by atoms with E-state index in [2.05, 4.69) is 4.98 Å². The number of aromatic carboxylic acids is 1. The van der Waals surface area contributed by atoms with Crippen LogP contribution >= 0.6 is 22.9 Å². The number of carboxylic acids is 1. The molecule has 4 aromatic rings. The minimum atomic E-state index is -1.03. The van der Waals surface area contributed by atoms with E-state index in [0.29, 0.717) is 27.0 Å². The van der Waals surface area contributed by atoms with Crippen molar-refractivity contribution in [1.82, 2.24) is 9.38 Å². The molecule has 3 aromatic heterocycles. The van der Waals surface area contributed by atoms with E-state index in [1.165, 1.54) is 23.5 Å². The second-order valence-corrected chi connectivity index (χ2v) is 8.00. The highest BCUT2D eigenvalue weighted by Crippen LogP contribution is 2.39. The van der Waals surface area contributed by atoms with Crippen molar-refractivity contribution < 1.29 is 19.4 Å². The molecule has 0 radical (unpaired) electrons. The lowest BCUT2D eigenvalue weighted by Gasteiger charge is -2.16. The fourth-order valence-electron chi connectivity index (χ4n) is 3.11. The predicted octanol–water partition coefficient (Wildman–Crippen LogP) is 4.65. The van der Waals surface area contributed by atoms with Crippen molar-refractivity contribution in [3.63, 3.8) is 0 Å². The summed E-state index contributed by atoms with van der Waals surface area (Å²) in [5, 5.41) is 9.72. The second kappa shape index (κ2) is 7.81. The zero-order valence-corrected chi connectivity index (χ0v) is 17.3. The Morgan fingerprint density at radius 3 is 2.73 bits per heavy atom. The van der Waals surface area contributed by atoms with Crippen molar-refractivity contribution in [3.8, 4) is 16.3 Å². The number of carbonyl (C=O) groups is 2. The quantitative estimate of drug-likeness (QED) is 0.452. The molecule has 1 amide bonds. The van der Waals surface area contributed by atoms with E-state index < -0.39 is 18.0 Å². The number of halogens is 1. The lowest BCUT2D eigenvalue weighted by molar-refractivity contribution is 0.0696. The van der Waals surface area contributed by atoms with Gasteiger partial charge in [-0.25, -0.2) is 9.78 Å². The Bertz CT molecular complexity index is 1280. The monoisotopic (exact) mass is 441 g/mol.